The molecule has 0 unspecified atom stereocenters. The maximum absolute atomic E-state index is 12.9. The van der Waals surface area contributed by atoms with Crippen LogP contribution in [-0.4, -0.2) is 43.2 Å². The summed E-state index contributed by atoms with van der Waals surface area (Å²) < 4.78 is 13.1. The van der Waals surface area contributed by atoms with Gasteiger partial charge < -0.3 is 14.4 Å². The summed E-state index contributed by atoms with van der Waals surface area (Å²) in [5, 5.41) is 6.24. The first kappa shape index (κ1) is 21.7. The van der Waals surface area contributed by atoms with Crippen LogP contribution in [0.1, 0.15) is 0 Å². The van der Waals surface area contributed by atoms with Gasteiger partial charge in [0.25, 0.3) is 5.56 Å². The van der Waals surface area contributed by atoms with Crippen LogP contribution < -0.4 is 15.2 Å². The van der Waals surface area contributed by atoms with Gasteiger partial charge in [0.1, 0.15) is 15.9 Å². The zero-order valence-corrected chi connectivity index (χ0v) is 19.6. The van der Waals surface area contributed by atoms with Crippen molar-refractivity contribution in [2.45, 2.75) is 0 Å². The minimum Gasteiger partial charge on any atom is -0.497 e. The van der Waals surface area contributed by atoms with Crippen molar-refractivity contribution in [3.8, 4) is 22.7 Å². The zero-order valence-electron chi connectivity index (χ0n) is 16.6. The molecule has 160 valence electrons. The van der Waals surface area contributed by atoms with Crippen LogP contribution in [0, 0.1) is 13.0 Å². The maximum atomic E-state index is 12.9. The van der Waals surface area contributed by atoms with E-state index in [1.807, 2.05) is 24.3 Å². The Labute approximate surface area is 196 Å². The molecule has 1 aliphatic rings. The average Bonchev–Trinajstić information content (AvgIpc) is 2.81. The first-order chi connectivity index (χ1) is 15.0. The van der Waals surface area contributed by atoms with Gasteiger partial charge in [-0.2, -0.15) is 0 Å². The zero-order chi connectivity index (χ0) is 22.0. The molecule has 0 atom stereocenters. The number of hydrogen-bond acceptors (Lipinski definition) is 7. The highest BCUT2D eigenvalue weighted by atomic mass is 127. The second kappa shape index (κ2) is 9.28. The van der Waals surface area contributed by atoms with Gasteiger partial charge in [-0.25, -0.2) is 4.68 Å². The standard InChI is InChI=1S/C21H19IN4O4S/c1-29-14-3-4-16(22)15(11-14)18-12-20(31)21(27)26(23-18)19-10-13(2-5-17(19)24-28)25-6-8-30-9-7-25/h2-5,10-12,23H,6-9H2,1H3. The van der Waals surface area contributed by atoms with E-state index in [-0.39, 0.29) is 10.2 Å². The summed E-state index contributed by atoms with van der Waals surface area (Å²) in [7, 11) is 1.59. The Kier molecular flexibility index (Phi) is 6.49. The Bertz CT molecular complexity index is 1250. The summed E-state index contributed by atoms with van der Waals surface area (Å²) >= 11 is 7.56. The van der Waals surface area contributed by atoms with Gasteiger partial charge in [-0.15, -0.1) is 4.91 Å². The number of rotatable bonds is 5. The lowest BCUT2D eigenvalue weighted by Gasteiger charge is -2.29. The minimum atomic E-state index is -0.430. The summed E-state index contributed by atoms with van der Waals surface area (Å²) in [5.74, 6) is 0.678. The third-order valence-corrected chi connectivity index (χ3v) is 6.29. The van der Waals surface area contributed by atoms with Gasteiger partial charge in [0.15, 0.2) is 0 Å². The van der Waals surface area contributed by atoms with E-state index in [0.717, 1.165) is 27.9 Å². The smallest absolute Gasteiger partial charge is 0.288 e. The summed E-state index contributed by atoms with van der Waals surface area (Å²) in [6, 6.07) is 12.5. The lowest BCUT2D eigenvalue weighted by atomic mass is 10.1. The van der Waals surface area contributed by atoms with Gasteiger partial charge in [0.05, 0.1) is 31.7 Å². The van der Waals surface area contributed by atoms with E-state index >= 15 is 0 Å². The van der Waals surface area contributed by atoms with Crippen LogP contribution in [0.4, 0.5) is 11.4 Å². The minimum absolute atomic E-state index is 0.126. The summed E-state index contributed by atoms with van der Waals surface area (Å²) in [6.45, 7) is 2.69. The molecule has 31 heavy (non-hydrogen) atoms. The van der Waals surface area contributed by atoms with E-state index in [4.69, 9.17) is 21.7 Å². The highest BCUT2D eigenvalue weighted by Gasteiger charge is 2.17. The molecule has 0 amide bonds. The fraction of sp³-hybridized carbons (Fsp3) is 0.238. The van der Waals surface area contributed by atoms with Crippen LogP contribution in [0.3, 0.4) is 0 Å². The van der Waals surface area contributed by atoms with Crippen molar-refractivity contribution in [1.82, 2.24) is 9.78 Å². The number of nitrogens with zero attached hydrogens (tertiary/aromatic N) is 3. The lowest BCUT2D eigenvalue weighted by molar-refractivity contribution is 0.122. The van der Waals surface area contributed by atoms with Crippen LogP contribution in [0.25, 0.3) is 16.9 Å². The van der Waals surface area contributed by atoms with Crippen LogP contribution in [0.15, 0.2) is 52.4 Å². The fourth-order valence-electron chi connectivity index (χ4n) is 3.44. The van der Waals surface area contributed by atoms with E-state index in [2.05, 4.69) is 37.8 Å². The molecule has 8 nitrogen and oxygen atoms in total. The molecule has 2 aromatic carbocycles. The van der Waals surface area contributed by atoms with Crippen LogP contribution in [0.2, 0.25) is 0 Å². The number of H-pyrrole nitrogens is 1. The number of benzene rings is 2. The van der Waals surface area contributed by atoms with Crippen LogP contribution in [-0.2, 0) is 4.74 Å². The number of nitroso groups, excluding NO2 is 1. The number of ether oxygens (including phenoxy) is 2. The number of morpholine rings is 1. The van der Waals surface area contributed by atoms with Gasteiger partial charge in [-0.05, 0) is 70.2 Å². The Morgan fingerprint density at radius 2 is 1.94 bits per heavy atom. The van der Waals surface area contributed by atoms with Gasteiger partial charge in [0.2, 0.25) is 0 Å². The van der Waals surface area contributed by atoms with Gasteiger partial charge in [-0.3, -0.25) is 9.89 Å². The monoisotopic (exact) mass is 550 g/mol. The second-order valence-electron chi connectivity index (χ2n) is 6.88. The molecule has 1 N–H and O–H groups in total. The lowest BCUT2D eigenvalue weighted by Crippen LogP contribution is -2.36. The number of halogens is 1. The molecule has 0 bridgehead atoms. The van der Waals surface area contributed by atoms with Crippen molar-refractivity contribution in [2.24, 2.45) is 5.18 Å². The molecule has 1 fully saturated rings. The number of aromatic amines is 1. The molecular weight excluding hydrogens is 531 g/mol. The Morgan fingerprint density at radius 1 is 1.16 bits per heavy atom. The number of anilines is 1. The molecule has 3 aromatic rings. The van der Waals surface area contributed by atoms with E-state index in [0.29, 0.717) is 30.3 Å². The predicted octanol–water partition coefficient (Wildman–Crippen LogP) is 4.41. The number of aromatic nitrogens is 2. The first-order valence-electron chi connectivity index (χ1n) is 9.52. The summed E-state index contributed by atoms with van der Waals surface area (Å²) in [4.78, 5) is 26.6. The Balaban J connectivity index is 1.89. The van der Waals surface area contributed by atoms with E-state index in [1.54, 1.807) is 25.3 Å². The average molecular weight is 550 g/mol. The molecule has 0 aliphatic carbocycles. The summed E-state index contributed by atoms with van der Waals surface area (Å²) in [6.07, 6.45) is 0. The number of nitrogens with one attached hydrogen (secondary N) is 1. The molecule has 4 rings (SSSR count). The molecule has 0 saturated carbocycles. The molecule has 0 spiro atoms. The van der Waals surface area contributed by atoms with Crippen LogP contribution >= 0.6 is 34.8 Å². The molecule has 1 aliphatic heterocycles. The highest BCUT2D eigenvalue weighted by molar-refractivity contribution is 14.1. The quantitative estimate of drug-likeness (QED) is 0.288. The van der Waals surface area contributed by atoms with Crippen molar-refractivity contribution < 1.29 is 9.47 Å². The van der Waals surface area contributed by atoms with Crippen LogP contribution in [0.5, 0.6) is 5.75 Å². The van der Waals surface area contributed by atoms with Crippen molar-refractivity contribution in [1.29, 1.82) is 0 Å². The van der Waals surface area contributed by atoms with Crippen molar-refractivity contribution in [3.63, 3.8) is 0 Å². The van der Waals surface area contributed by atoms with Gasteiger partial charge in [0, 0.05) is 27.9 Å². The number of methoxy groups -OCH3 is 1. The van der Waals surface area contributed by atoms with Gasteiger partial charge in [-0.1, -0.05) is 12.2 Å². The Morgan fingerprint density at radius 3 is 2.65 bits per heavy atom. The number of hydrogen-bond donors (Lipinski definition) is 1. The molecule has 0 radical (unpaired) electrons. The Hall–Kier alpha value is -2.57. The van der Waals surface area contributed by atoms with Crippen molar-refractivity contribution in [2.75, 3.05) is 38.3 Å². The largest absolute Gasteiger partial charge is 0.497 e. The maximum Gasteiger partial charge on any atom is 0.288 e. The van der Waals surface area contributed by atoms with E-state index < -0.39 is 5.56 Å². The van der Waals surface area contributed by atoms with Crippen molar-refractivity contribution in [3.05, 3.63) is 65.8 Å². The second-order valence-corrected chi connectivity index (χ2v) is 8.49. The SMILES string of the molecule is COc1ccc(I)c(-c2cc(=S)c(=O)n(-c3cc(N4CCOCC4)ccc3N=O)[nH]2)c1. The molecule has 1 aromatic heterocycles. The predicted molar refractivity (Wildman–Crippen MR) is 130 cm³/mol. The summed E-state index contributed by atoms with van der Waals surface area (Å²) in [5.41, 5.74) is 2.38. The normalized spacial score (nSPS) is 13.8. The molecular formula is C21H19IN4O4S. The van der Waals surface area contributed by atoms with Crippen molar-refractivity contribution >= 4 is 46.2 Å². The topological polar surface area (TPSA) is 88.9 Å². The fourth-order valence-corrected chi connectivity index (χ4v) is 4.27. The molecule has 10 heteroatoms. The van der Waals surface area contributed by atoms with Gasteiger partial charge >= 0.3 is 0 Å². The first-order valence-corrected chi connectivity index (χ1v) is 11.0. The van der Waals surface area contributed by atoms with E-state index in [9.17, 15) is 9.70 Å². The third kappa shape index (κ3) is 4.41. The third-order valence-electron chi connectivity index (χ3n) is 5.06. The molecule has 1 saturated heterocycles. The van der Waals surface area contributed by atoms with E-state index in [1.165, 1.54) is 4.68 Å². The molecule has 2 heterocycles. The highest BCUT2D eigenvalue weighted by Crippen LogP contribution is 2.30.